The van der Waals surface area contributed by atoms with Gasteiger partial charge in [0.1, 0.15) is 6.23 Å². The van der Waals surface area contributed by atoms with Crippen molar-refractivity contribution in [3.8, 4) is 0 Å². The number of aliphatic hydroxyl groups excluding tert-OH is 1. The van der Waals surface area contributed by atoms with Gasteiger partial charge in [0.25, 0.3) is 0 Å². The van der Waals surface area contributed by atoms with Gasteiger partial charge in [0.05, 0.1) is 6.61 Å². The van der Waals surface area contributed by atoms with Crippen molar-refractivity contribution in [3.63, 3.8) is 0 Å². The van der Waals surface area contributed by atoms with Crippen molar-refractivity contribution in [2.45, 2.75) is 46.3 Å². The van der Waals surface area contributed by atoms with E-state index in [1.165, 1.54) is 6.07 Å². The Labute approximate surface area is 131 Å². The van der Waals surface area contributed by atoms with Crippen molar-refractivity contribution in [1.29, 1.82) is 0 Å². The summed E-state index contributed by atoms with van der Waals surface area (Å²) in [4.78, 5) is 6.36. The van der Waals surface area contributed by atoms with Gasteiger partial charge in [-0.25, -0.2) is 14.7 Å². The van der Waals surface area contributed by atoms with E-state index in [4.69, 9.17) is 5.90 Å². The minimum Gasteiger partial charge on any atom is -0.378 e. The Morgan fingerprint density at radius 2 is 2.00 bits per heavy atom. The molecule has 0 aromatic heterocycles. The molecule has 128 valence electrons. The highest BCUT2D eigenvalue weighted by atomic mass is 19.2. The largest absolute Gasteiger partial charge is 0.378 e. The molecular formula is C16H28F2N2O2. The van der Waals surface area contributed by atoms with Crippen LogP contribution >= 0.6 is 0 Å². The van der Waals surface area contributed by atoms with Crippen LogP contribution in [-0.2, 0) is 11.3 Å². The van der Waals surface area contributed by atoms with Crippen molar-refractivity contribution in [2.24, 2.45) is 5.90 Å². The van der Waals surface area contributed by atoms with Crippen molar-refractivity contribution < 1.29 is 18.7 Å². The lowest BCUT2D eigenvalue weighted by Gasteiger charge is -2.18. The van der Waals surface area contributed by atoms with E-state index < -0.39 is 11.6 Å². The summed E-state index contributed by atoms with van der Waals surface area (Å²) in [6, 6.07) is 3.95. The maximum atomic E-state index is 12.4. The first-order chi connectivity index (χ1) is 10.6. The Balaban J connectivity index is 0.000000360. The van der Waals surface area contributed by atoms with Gasteiger partial charge in [-0.15, -0.1) is 0 Å². The van der Waals surface area contributed by atoms with Crippen LogP contribution in [0.1, 0.15) is 39.2 Å². The molecule has 1 fully saturated rings. The predicted molar refractivity (Wildman–Crippen MR) is 84.0 cm³/mol. The Morgan fingerprint density at radius 3 is 2.45 bits per heavy atom. The Bertz CT molecular complexity index is 406. The highest BCUT2D eigenvalue weighted by Crippen LogP contribution is 2.13. The van der Waals surface area contributed by atoms with E-state index in [1.54, 1.807) is 6.07 Å². The number of hydrogen-bond donors (Lipinski definition) is 2. The quantitative estimate of drug-likeness (QED) is 0.838. The number of hydrogen-bond acceptors (Lipinski definition) is 4. The summed E-state index contributed by atoms with van der Waals surface area (Å²) in [7, 11) is 0. The van der Waals surface area contributed by atoms with Crippen LogP contribution in [0.5, 0.6) is 0 Å². The van der Waals surface area contributed by atoms with E-state index in [1.807, 2.05) is 25.7 Å². The number of halogens is 2. The molecule has 1 aliphatic heterocycles. The molecule has 1 atom stereocenters. The van der Waals surface area contributed by atoms with Gasteiger partial charge in [0.2, 0.25) is 0 Å². The maximum Gasteiger partial charge on any atom is 0.159 e. The fraction of sp³-hybridized carbons (Fsp3) is 0.625. The highest BCUT2D eigenvalue weighted by Gasteiger charge is 2.20. The van der Waals surface area contributed by atoms with Crippen LogP contribution in [0, 0.1) is 11.6 Å². The summed E-state index contributed by atoms with van der Waals surface area (Å²) in [5, 5.41) is 9.25. The fourth-order valence-electron chi connectivity index (χ4n) is 2.00. The first kappa shape index (κ1) is 20.9. The zero-order valence-corrected chi connectivity index (χ0v) is 13.7. The van der Waals surface area contributed by atoms with E-state index in [0.29, 0.717) is 6.61 Å². The molecule has 6 heteroatoms. The number of likely N-dealkylation sites (tertiary alicyclic amines) is 1. The zero-order chi connectivity index (χ0) is 17.0. The summed E-state index contributed by atoms with van der Waals surface area (Å²) >= 11 is 0. The molecule has 1 unspecified atom stereocenters. The molecule has 0 radical (unpaired) electrons. The topological polar surface area (TPSA) is 58.7 Å². The van der Waals surface area contributed by atoms with Crippen LogP contribution < -0.4 is 5.90 Å². The van der Waals surface area contributed by atoms with E-state index in [2.05, 4.69) is 4.84 Å². The molecule has 0 aliphatic carbocycles. The molecule has 0 bridgehead atoms. The Kier molecular flexibility index (Phi) is 11.9. The average Bonchev–Trinajstić information content (AvgIpc) is 2.96. The molecule has 1 aliphatic rings. The lowest BCUT2D eigenvalue weighted by atomic mass is 10.2. The Morgan fingerprint density at radius 1 is 1.32 bits per heavy atom. The molecule has 3 N–H and O–H groups in total. The Hall–Kier alpha value is -1.08. The summed E-state index contributed by atoms with van der Waals surface area (Å²) < 4.78 is 24.7. The van der Waals surface area contributed by atoms with Gasteiger partial charge >= 0.3 is 0 Å². The lowest BCUT2D eigenvalue weighted by molar-refractivity contribution is 0.0144. The molecule has 22 heavy (non-hydrogen) atoms. The number of nitrogens with zero attached hydrogens (tertiary/aromatic N) is 1. The fourth-order valence-corrected chi connectivity index (χ4v) is 2.00. The number of benzene rings is 1. The SMILES string of the molecule is CC.CCc1ccc(F)c(F)c1.NOCCN1CCCC1O. The van der Waals surface area contributed by atoms with Gasteiger partial charge in [0.15, 0.2) is 11.6 Å². The molecular weight excluding hydrogens is 290 g/mol. The first-order valence-electron chi connectivity index (χ1n) is 7.76. The van der Waals surface area contributed by atoms with E-state index in [9.17, 15) is 13.9 Å². The van der Waals surface area contributed by atoms with Gasteiger partial charge in [-0.3, -0.25) is 4.90 Å². The third kappa shape index (κ3) is 7.79. The molecule has 1 aromatic carbocycles. The second kappa shape index (κ2) is 12.5. The monoisotopic (exact) mass is 318 g/mol. The van der Waals surface area contributed by atoms with Gasteiger partial charge in [0, 0.05) is 13.1 Å². The molecule has 1 aromatic rings. The van der Waals surface area contributed by atoms with Crippen molar-refractivity contribution >= 4 is 0 Å². The third-order valence-electron chi connectivity index (χ3n) is 3.22. The minimum absolute atomic E-state index is 0.268. The van der Waals surface area contributed by atoms with Gasteiger partial charge in [-0.05, 0) is 37.0 Å². The number of nitrogens with two attached hydrogens (primary N) is 1. The van der Waals surface area contributed by atoms with Gasteiger partial charge in [-0.2, -0.15) is 0 Å². The molecule has 0 saturated carbocycles. The van der Waals surface area contributed by atoms with Crippen LogP contribution in [0.3, 0.4) is 0 Å². The van der Waals surface area contributed by atoms with Crippen LogP contribution in [0.25, 0.3) is 0 Å². The van der Waals surface area contributed by atoms with E-state index in [-0.39, 0.29) is 6.23 Å². The van der Waals surface area contributed by atoms with E-state index >= 15 is 0 Å². The highest BCUT2D eigenvalue weighted by molar-refractivity contribution is 5.17. The second-order valence-corrected chi connectivity index (χ2v) is 4.63. The van der Waals surface area contributed by atoms with Gasteiger partial charge < -0.3 is 9.94 Å². The zero-order valence-electron chi connectivity index (χ0n) is 13.7. The normalized spacial score (nSPS) is 17.3. The average molecular weight is 318 g/mol. The number of rotatable bonds is 4. The first-order valence-corrected chi connectivity index (χ1v) is 7.76. The summed E-state index contributed by atoms with van der Waals surface area (Å²) in [5.41, 5.74) is 0.818. The standard InChI is InChI=1S/C8H8F2.C6H14N2O2.C2H6/c1-2-6-3-4-7(9)8(10)5-6;7-10-5-4-8-3-1-2-6(8)9;1-2/h3-5H,2H2,1H3;6,9H,1-5,7H2;1-2H3. The van der Waals surface area contributed by atoms with Crippen molar-refractivity contribution in [1.82, 2.24) is 4.90 Å². The molecule has 2 rings (SSSR count). The minimum atomic E-state index is -0.780. The van der Waals surface area contributed by atoms with Crippen LogP contribution in [-0.4, -0.2) is 35.9 Å². The summed E-state index contributed by atoms with van der Waals surface area (Å²) in [6.45, 7) is 8.09. The smallest absolute Gasteiger partial charge is 0.159 e. The lowest BCUT2D eigenvalue weighted by Crippen LogP contribution is -2.32. The van der Waals surface area contributed by atoms with Crippen LogP contribution in [0.2, 0.25) is 0 Å². The third-order valence-corrected chi connectivity index (χ3v) is 3.22. The van der Waals surface area contributed by atoms with Gasteiger partial charge in [-0.1, -0.05) is 26.8 Å². The second-order valence-electron chi connectivity index (χ2n) is 4.63. The molecule has 0 amide bonds. The van der Waals surface area contributed by atoms with Crippen LogP contribution in [0.4, 0.5) is 8.78 Å². The maximum absolute atomic E-state index is 12.4. The molecule has 0 spiro atoms. The van der Waals surface area contributed by atoms with Crippen LogP contribution in [0.15, 0.2) is 18.2 Å². The van der Waals surface area contributed by atoms with E-state index in [0.717, 1.165) is 44.0 Å². The summed E-state index contributed by atoms with van der Waals surface area (Å²) in [5.74, 6) is 3.30. The number of aryl methyl sites for hydroxylation is 1. The summed E-state index contributed by atoms with van der Waals surface area (Å²) in [6.07, 6.45) is 2.42. The molecule has 1 heterocycles. The predicted octanol–water partition coefficient (Wildman–Crippen LogP) is 2.84. The molecule has 1 saturated heterocycles. The van der Waals surface area contributed by atoms with Crippen molar-refractivity contribution in [3.05, 3.63) is 35.4 Å². The molecule has 4 nitrogen and oxygen atoms in total. The number of aliphatic hydroxyl groups is 1. The van der Waals surface area contributed by atoms with Crippen molar-refractivity contribution in [2.75, 3.05) is 19.7 Å².